The zero-order valence-electron chi connectivity index (χ0n) is 9.41. The van der Waals surface area contributed by atoms with Gasteiger partial charge in [0.25, 0.3) is 0 Å². The van der Waals surface area contributed by atoms with E-state index in [1.807, 2.05) is 6.20 Å². The quantitative estimate of drug-likeness (QED) is 0.808. The molecule has 1 aliphatic rings. The number of aromatic nitrogens is 1. The molecule has 2 aromatic rings. The second-order valence-electron chi connectivity index (χ2n) is 4.60. The van der Waals surface area contributed by atoms with Gasteiger partial charge in [0.05, 0.1) is 6.10 Å². The van der Waals surface area contributed by atoms with Crippen molar-refractivity contribution in [1.82, 2.24) is 4.98 Å². The van der Waals surface area contributed by atoms with E-state index >= 15 is 0 Å². The number of rotatable bonds is 2. The van der Waals surface area contributed by atoms with E-state index in [-0.39, 0.29) is 0 Å². The number of H-pyrrole nitrogens is 1. The smallest absolute Gasteiger partial charge is 0.120 e. The van der Waals surface area contributed by atoms with Gasteiger partial charge in [0.2, 0.25) is 0 Å². The SMILES string of the molecule is c1cc2cc(OC3CCCCC3)ccc2[nH]1. The van der Waals surface area contributed by atoms with Crippen LogP contribution in [0, 0.1) is 0 Å². The van der Waals surface area contributed by atoms with E-state index in [1.165, 1.54) is 43.0 Å². The van der Waals surface area contributed by atoms with E-state index in [4.69, 9.17) is 4.74 Å². The molecule has 0 radical (unpaired) electrons. The molecule has 1 saturated carbocycles. The molecule has 0 atom stereocenters. The van der Waals surface area contributed by atoms with Crippen molar-refractivity contribution >= 4 is 10.9 Å². The number of ether oxygens (including phenoxy) is 1. The number of nitrogens with one attached hydrogen (secondary N) is 1. The van der Waals surface area contributed by atoms with Gasteiger partial charge in [0.15, 0.2) is 0 Å². The van der Waals surface area contributed by atoms with Gasteiger partial charge in [-0.25, -0.2) is 0 Å². The lowest BCUT2D eigenvalue weighted by molar-refractivity contribution is 0.155. The topological polar surface area (TPSA) is 25.0 Å². The molecular weight excluding hydrogens is 198 g/mol. The Morgan fingerprint density at radius 3 is 2.81 bits per heavy atom. The third-order valence-corrected chi connectivity index (χ3v) is 3.38. The lowest BCUT2D eigenvalue weighted by Crippen LogP contribution is -2.19. The first-order valence-corrected chi connectivity index (χ1v) is 6.16. The first-order valence-electron chi connectivity index (χ1n) is 6.16. The van der Waals surface area contributed by atoms with Crippen LogP contribution in [-0.2, 0) is 0 Å². The van der Waals surface area contributed by atoms with E-state index in [0.717, 1.165) is 5.75 Å². The van der Waals surface area contributed by atoms with Crippen molar-refractivity contribution in [3.8, 4) is 5.75 Å². The number of fused-ring (bicyclic) bond motifs is 1. The third-order valence-electron chi connectivity index (χ3n) is 3.38. The Kier molecular flexibility index (Phi) is 2.56. The fraction of sp³-hybridized carbons (Fsp3) is 0.429. The Morgan fingerprint density at radius 2 is 1.94 bits per heavy atom. The molecule has 0 bridgehead atoms. The molecule has 84 valence electrons. The Bertz CT molecular complexity index is 468. The number of hydrogen-bond donors (Lipinski definition) is 1. The maximum absolute atomic E-state index is 6.02. The van der Waals surface area contributed by atoms with Crippen LogP contribution in [0.5, 0.6) is 5.75 Å². The molecular formula is C14H17NO. The summed E-state index contributed by atoms with van der Waals surface area (Å²) in [7, 11) is 0. The Hall–Kier alpha value is -1.44. The molecule has 1 fully saturated rings. The number of aromatic amines is 1. The average molecular weight is 215 g/mol. The summed E-state index contributed by atoms with van der Waals surface area (Å²) in [6.45, 7) is 0. The van der Waals surface area contributed by atoms with Crippen LogP contribution >= 0.6 is 0 Å². The zero-order valence-corrected chi connectivity index (χ0v) is 9.41. The van der Waals surface area contributed by atoms with Gasteiger partial charge in [-0.15, -0.1) is 0 Å². The second kappa shape index (κ2) is 4.20. The largest absolute Gasteiger partial charge is 0.490 e. The minimum absolute atomic E-state index is 0.435. The lowest BCUT2D eigenvalue weighted by atomic mass is 9.98. The van der Waals surface area contributed by atoms with Gasteiger partial charge < -0.3 is 9.72 Å². The van der Waals surface area contributed by atoms with Crippen molar-refractivity contribution < 1.29 is 4.74 Å². The highest BCUT2D eigenvalue weighted by atomic mass is 16.5. The van der Waals surface area contributed by atoms with Crippen molar-refractivity contribution in [2.45, 2.75) is 38.2 Å². The van der Waals surface area contributed by atoms with Crippen LogP contribution in [0.4, 0.5) is 0 Å². The van der Waals surface area contributed by atoms with Crippen LogP contribution in [0.3, 0.4) is 0 Å². The molecule has 1 N–H and O–H groups in total. The minimum Gasteiger partial charge on any atom is -0.490 e. The molecule has 3 rings (SSSR count). The summed E-state index contributed by atoms with van der Waals surface area (Å²) in [4.78, 5) is 3.19. The van der Waals surface area contributed by atoms with E-state index in [1.54, 1.807) is 0 Å². The van der Waals surface area contributed by atoms with Gasteiger partial charge in [0.1, 0.15) is 5.75 Å². The molecule has 1 aromatic carbocycles. The molecule has 2 heteroatoms. The summed E-state index contributed by atoms with van der Waals surface area (Å²) in [5.41, 5.74) is 1.18. The van der Waals surface area contributed by atoms with E-state index in [0.29, 0.717) is 6.10 Å². The number of benzene rings is 1. The minimum atomic E-state index is 0.435. The Labute approximate surface area is 95.6 Å². The van der Waals surface area contributed by atoms with Gasteiger partial charge in [-0.05, 0) is 49.9 Å². The molecule has 0 saturated heterocycles. The van der Waals surface area contributed by atoms with Crippen LogP contribution < -0.4 is 4.74 Å². The number of hydrogen-bond acceptors (Lipinski definition) is 1. The van der Waals surface area contributed by atoms with Crippen LogP contribution in [-0.4, -0.2) is 11.1 Å². The van der Waals surface area contributed by atoms with Gasteiger partial charge >= 0.3 is 0 Å². The Balaban J connectivity index is 1.77. The molecule has 2 nitrogen and oxygen atoms in total. The predicted octanol–water partition coefficient (Wildman–Crippen LogP) is 3.88. The van der Waals surface area contributed by atoms with E-state index < -0.39 is 0 Å². The summed E-state index contributed by atoms with van der Waals surface area (Å²) >= 11 is 0. The maximum atomic E-state index is 6.02. The fourth-order valence-corrected chi connectivity index (χ4v) is 2.48. The lowest BCUT2D eigenvalue weighted by Gasteiger charge is -2.22. The van der Waals surface area contributed by atoms with Gasteiger partial charge in [0, 0.05) is 17.1 Å². The van der Waals surface area contributed by atoms with Crippen molar-refractivity contribution in [2.75, 3.05) is 0 Å². The van der Waals surface area contributed by atoms with Crippen molar-refractivity contribution in [1.29, 1.82) is 0 Å². The van der Waals surface area contributed by atoms with Crippen molar-refractivity contribution in [3.63, 3.8) is 0 Å². The molecule has 0 spiro atoms. The molecule has 0 aliphatic heterocycles. The summed E-state index contributed by atoms with van der Waals surface area (Å²) in [5, 5.41) is 1.23. The summed E-state index contributed by atoms with van der Waals surface area (Å²) in [5.74, 6) is 1.01. The van der Waals surface area contributed by atoms with Crippen LogP contribution in [0.15, 0.2) is 30.5 Å². The molecule has 1 aromatic heterocycles. The van der Waals surface area contributed by atoms with Crippen LogP contribution in [0.1, 0.15) is 32.1 Å². The van der Waals surface area contributed by atoms with Gasteiger partial charge in [-0.2, -0.15) is 0 Å². The van der Waals surface area contributed by atoms with Crippen LogP contribution in [0.25, 0.3) is 10.9 Å². The van der Waals surface area contributed by atoms with Crippen LogP contribution in [0.2, 0.25) is 0 Å². The highest BCUT2D eigenvalue weighted by molar-refractivity contribution is 5.80. The van der Waals surface area contributed by atoms with E-state index in [9.17, 15) is 0 Å². The van der Waals surface area contributed by atoms with Gasteiger partial charge in [-0.3, -0.25) is 0 Å². The normalized spacial score (nSPS) is 17.8. The molecule has 16 heavy (non-hydrogen) atoms. The summed E-state index contributed by atoms with van der Waals surface area (Å²) in [6, 6.07) is 8.37. The van der Waals surface area contributed by atoms with Crippen molar-refractivity contribution in [2.24, 2.45) is 0 Å². The zero-order chi connectivity index (χ0) is 10.8. The highest BCUT2D eigenvalue weighted by Gasteiger charge is 2.14. The third kappa shape index (κ3) is 1.92. The second-order valence-corrected chi connectivity index (χ2v) is 4.60. The molecule has 1 heterocycles. The molecule has 1 aliphatic carbocycles. The summed E-state index contributed by atoms with van der Waals surface area (Å²) in [6.07, 6.45) is 8.83. The average Bonchev–Trinajstić information content (AvgIpc) is 2.77. The predicted molar refractivity (Wildman–Crippen MR) is 65.8 cm³/mol. The van der Waals surface area contributed by atoms with E-state index in [2.05, 4.69) is 29.2 Å². The van der Waals surface area contributed by atoms with Gasteiger partial charge in [-0.1, -0.05) is 6.42 Å². The Morgan fingerprint density at radius 1 is 1.06 bits per heavy atom. The standard InChI is InChI=1S/C14H17NO/c1-2-4-12(5-3-1)16-13-6-7-14-11(10-13)8-9-15-14/h6-10,12,15H,1-5H2. The molecule has 0 amide bonds. The first-order chi connectivity index (χ1) is 7.92. The summed E-state index contributed by atoms with van der Waals surface area (Å²) < 4.78 is 6.02. The maximum Gasteiger partial charge on any atom is 0.120 e. The first kappa shape index (κ1) is 9.76. The fourth-order valence-electron chi connectivity index (χ4n) is 2.48. The highest BCUT2D eigenvalue weighted by Crippen LogP contribution is 2.25. The molecule has 0 unspecified atom stereocenters. The van der Waals surface area contributed by atoms with Crippen molar-refractivity contribution in [3.05, 3.63) is 30.5 Å². The monoisotopic (exact) mass is 215 g/mol.